The predicted octanol–water partition coefficient (Wildman–Crippen LogP) is 3.05. The Bertz CT molecular complexity index is 367. The minimum absolute atomic E-state index is 0.0223. The van der Waals surface area contributed by atoms with E-state index >= 15 is 0 Å². The lowest BCUT2D eigenvalue weighted by Gasteiger charge is -2.36. The van der Waals surface area contributed by atoms with Gasteiger partial charge in [0.05, 0.1) is 0 Å². The van der Waals surface area contributed by atoms with Crippen LogP contribution in [0.3, 0.4) is 0 Å². The molecule has 2 unspecified atom stereocenters. The Labute approximate surface area is 128 Å². The Kier molecular flexibility index (Phi) is 6.49. The molecule has 1 aliphatic heterocycles. The van der Waals surface area contributed by atoms with Gasteiger partial charge in [-0.25, -0.2) is 9.59 Å². The van der Waals surface area contributed by atoms with E-state index in [4.69, 9.17) is 0 Å². The maximum absolute atomic E-state index is 12.9. The molecule has 1 rings (SSSR count). The Balaban J connectivity index is 2.96. The van der Waals surface area contributed by atoms with E-state index in [0.717, 1.165) is 19.3 Å². The molecule has 1 saturated heterocycles. The maximum atomic E-state index is 12.9. The van der Waals surface area contributed by atoms with Crippen LogP contribution in [0.2, 0.25) is 0 Å². The largest absolute Gasteiger partial charge is 0.480 e. The van der Waals surface area contributed by atoms with Crippen LogP contribution in [0.5, 0.6) is 0 Å². The Hall–Kier alpha value is -1.26. The van der Waals surface area contributed by atoms with Crippen LogP contribution in [0.1, 0.15) is 53.9 Å². The van der Waals surface area contributed by atoms with Crippen molar-refractivity contribution in [3.63, 3.8) is 0 Å². The van der Waals surface area contributed by atoms with Crippen molar-refractivity contribution in [2.24, 2.45) is 11.8 Å². The van der Waals surface area contributed by atoms with E-state index in [-0.39, 0.29) is 18.0 Å². The first-order valence-corrected chi connectivity index (χ1v) is 8.13. The van der Waals surface area contributed by atoms with Gasteiger partial charge in [-0.15, -0.1) is 0 Å². The Morgan fingerprint density at radius 3 is 2.29 bits per heavy atom. The topological polar surface area (TPSA) is 60.9 Å². The molecular weight excluding hydrogens is 268 g/mol. The number of carbonyl (C=O) groups excluding carboxylic acids is 1. The summed E-state index contributed by atoms with van der Waals surface area (Å²) >= 11 is 0. The highest BCUT2D eigenvalue weighted by atomic mass is 16.4. The number of hydrogen-bond donors (Lipinski definition) is 1. The number of hydrogen-bond acceptors (Lipinski definition) is 2. The van der Waals surface area contributed by atoms with Crippen LogP contribution < -0.4 is 0 Å². The number of amides is 2. The van der Waals surface area contributed by atoms with Crippen LogP contribution in [0.15, 0.2) is 0 Å². The van der Waals surface area contributed by atoms with E-state index in [9.17, 15) is 14.7 Å². The molecule has 21 heavy (non-hydrogen) atoms. The van der Waals surface area contributed by atoms with E-state index in [1.807, 2.05) is 11.8 Å². The second-order valence-electron chi connectivity index (χ2n) is 6.54. The summed E-state index contributed by atoms with van der Waals surface area (Å²) in [7, 11) is 0. The van der Waals surface area contributed by atoms with Crippen LogP contribution in [0, 0.1) is 11.8 Å². The zero-order chi connectivity index (χ0) is 16.2. The van der Waals surface area contributed by atoms with Crippen LogP contribution in [-0.2, 0) is 4.79 Å². The summed E-state index contributed by atoms with van der Waals surface area (Å²) in [5, 5.41) is 9.41. The van der Waals surface area contributed by atoms with Gasteiger partial charge in [0.25, 0.3) is 0 Å². The quantitative estimate of drug-likeness (QED) is 0.820. The molecule has 1 N–H and O–H groups in total. The van der Waals surface area contributed by atoms with Gasteiger partial charge >= 0.3 is 12.0 Å². The molecule has 0 aliphatic carbocycles. The van der Waals surface area contributed by atoms with Crippen molar-refractivity contribution in [2.45, 2.75) is 66.0 Å². The average Bonchev–Trinajstić information content (AvgIpc) is 2.79. The maximum Gasteiger partial charge on any atom is 0.326 e. The van der Waals surface area contributed by atoms with Crippen molar-refractivity contribution in [1.29, 1.82) is 0 Å². The molecule has 0 aromatic heterocycles. The van der Waals surface area contributed by atoms with Gasteiger partial charge in [-0.1, -0.05) is 34.6 Å². The van der Waals surface area contributed by atoms with Gasteiger partial charge in [0.2, 0.25) is 0 Å². The first kappa shape index (κ1) is 17.8. The molecule has 0 aromatic carbocycles. The van der Waals surface area contributed by atoms with E-state index in [2.05, 4.69) is 27.7 Å². The van der Waals surface area contributed by atoms with E-state index in [0.29, 0.717) is 19.0 Å². The average molecular weight is 298 g/mol. The zero-order valence-corrected chi connectivity index (χ0v) is 14.0. The Morgan fingerprint density at radius 1 is 1.29 bits per heavy atom. The summed E-state index contributed by atoms with van der Waals surface area (Å²) in [4.78, 5) is 27.8. The molecular formula is C16H30N2O3. The van der Waals surface area contributed by atoms with E-state index in [1.54, 1.807) is 4.90 Å². The summed E-state index contributed by atoms with van der Waals surface area (Å²) in [6.07, 6.45) is 2.56. The molecule has 5 heteroatoms. The summed E-state index contributed by atoms with van der Waals surface area (Å²) in [6, 6.07) is -0.596. The van der Waals surface area contributed by atoms with Crippen LogP contribution in [0.4, 0.5) is 4.79 Å². The first-order valence-electron chi connectivity index (χ1n) is 8.13. The van der Waals surface area contributed by atoms with Crippen molar-refractivity contribution in [2.75, 3.05) is 13.1 Å². The minimum atomic E-state index is -0.887. The number of carboxylic acids is 1. The molecule has 1 fully saturated rings. The summed E-state index contributed by atoms with van der Waals surface area (Å²) in [6.45, 7) is 11.5. The van der Waals surface area contributed by atoms with Gasteiger partial charge in [-0.05, 0) is 31.1 Å². The van der Waals surface area contributed by atoms with E-state index in [1.165, 1.54) is 0 Å². The lowest BCUT2D eigenvalue weighted by Crippen LogP contribution is -2.53. The van der Waals surface area contributed by atoms with Gasteiger partial charge in [0, 0.05) is 19.1 Å². The summed E-state index contributed by atoms with van der Waals surface area (Å²) < 4.78 is 0. The molecule has 0 bridgehead atoms. The highest BCUT2D eigenvalue weighted by Crippen LogP contribution is 2.27. The number of likely N-dealkylation sites (tertiary alicyclic amines) is 1. The molecule has 2 amide bonds. The van der Waals surface area contributed by atoms with Crippen molar-refractivity contribution in [1.82, 2.24) is 9.80 Å². The van der Waals surface area contributed by atoms with Crippen LogP contribution >= 0.6 is 0 Å². The minimum Gasteiger partial charge on any atom is -0.480 e. The second kappa shape index (κ2) is 7.66. The molecule has 1 aliphatic rings. The molecule has 0 saturated carbocycles. The van der Waals surface area contributed by atoms with Crippen molar-refractivity contribution < 1.29 is 14.7 Å². The third-order valence-corrected chi connectivity index (χ3v) is 4.39. The molecule has 5 nitrogen and oxygen atoms in total. The number of urea groups is 1. The normalized spacial score (nSPS) is 22.1. The monoisotopic (exact) mass is 298 g/mol. The fraction of sp³-hybridized carbons (Fsp3) is 0.875. The third kappa shape index (κ3) is 4.11. The van der Waals surface area contributed by atoms with Crippen molar-refractivity contribution in [3.05, 3.63) is 0 Å². The van der Waals surface area contributed by atoms with Gasteiger partial charge in [0.15, 0.2) is 0 Å². The zero-order valence-electron chi connectivity index (χ0n) is 14.0. The summed E-state index contributed by atoms with van der Waals surface area (Å²) in [5.74, 6) is -0.491. The van der Waals surface area contributed by atoms with Gasteiger partial charge in [0.1, 0.15) is 6.04 Å². The second-order valence-corrected chi connectivity index (χ2v) is 6.54. The number of carboxylic acid groups (broad SMARTS) is 1. The number of carbonyl (C=O) groups is 2. The first-order chi connectivity index (χ1) is 9.83. The smallest absolute Gasteiger partial charge is 0.326 e. The lowest BCUT2D eigenvalue weighted by atomic mass is 10.0. The molecule has 1 heterocycles. The highest BCUT2D eigenvalue weighted by Gasteiger charge is 2.41. The number of nitrogens with zero attached hydrogens (tertiary/aromatic N) is 2. The standard InChI is InChI=1S/C16H30N2O3/c1-6-13(7-2)18(10-11(3)4)16(21)17-9-8-12(5)14(17)15(19)20/h11-14H,6-10H2,1-5H3,(H,19,20). The van der Waals surface area contributed by atoms with Crippen LogP contribution in [-0.4, -0.2) is 52.1 Å². The fourth-order valence-electron chi connectivity index (χ4n) is 3.21. The van der Waals surface area contributed by atoms with Gasteiger partial charge < -0.3 is 14.9 Å². The van der Waals surface area contributed by atoms with E-state index < -0.39 is 12.0 Å². The number of rotatable bonds is 6. The predicted molar refractivity (Wildman–Crippen MR) is 83.2 cm³/mol. The SMILES string of the molecule is CCC(CC)N(CC(C)C)C(=O)N1CCC(C)C1C(=O)O. The fourth-order valence-corrected chi connectivity index (χ4v) is 3.21. The van der Waals surface area contributed by atoms with Crippen molar-refractivity contribution >= 4 is 12.0 Å². The molecule has 2 atom stereocenters. The highest BCUT2D eigenvalue weighted by molar-refractivity contribution is 5.83. The molecule has 122 valence electrons. The van der Waals surface area contributed by atoms with Crippen molar-refractivity contribution in [3.8, 4) is 0 Å². The van der Waals surface area contributed by atoms with Gasteiger partial charge in [-0.3, -0.25) is 0 Å². The molecule has 0 spiro atoms. The third-order valence-electron chi connectivity index (χ3n) is 4.39. The van der Waals surface area contributed by atoms with Gasteiger partial charge in [-0.2, -0.15) is 0 Å². The summed E-state index contributed by atoms with van der Waals surface area (Å²) in [5.41, 5.74) is 0. The molecule has 0 radical (unpaired) electrons. The van der Waals surface area contributed by atoms with Crippen LogP contribution in [0.25, 0.3) is 0 Å². The Morgan fingerprint density at radius 2 is 1.86 bits per heavy atom. The lowest BCUT2D eigenvalue weighted by molar-refractivity contribution is -0.142. The molecule has 0 aromatic rings. The number of aliphatic carboxylic acids is 1.